The van der Waals surface area contributed by atoms with Crippen LogP contribution in [0.3, 0.4) is 0 Å². The van der Waals surface area contributed by atoms with E-state index in [2.05, 4.69) is 5.32 Å². The fraction of sp³-hybridized carbons (Fsp3) is 0.562. The molecule has 1 atom stereocenters. The van der Waals surface area contributed by atoms with Crippen LogP contribution in [0.1, 0.15) is 36.5 Å². The van der Waals surface area contributed by atoms with Gasteiger partial charge in [-0.2, -0.15) is 0 Å². The lowest BCUT2D eigenvalue weighted by molar-refractivity contribution is 0.0694. The topological polar surface area (TPSA) is 66.5 Å². The maximum atomic E-state index is 12.8. The van der Waals surface area contributed by atoms with Gasteiger partial charge in [0.15, 0.2) is 9.84 Å². The molecule has 0 spiro atoms. The Balaban J connectivity index is 2.31. The lowest BCUT2D eigenvalue weighted by atomic mass is 10.0. The molecule has 1 heterocycles. The Morgan fingerprint density at radius 2 is 2.09 bits per heavy atom. The first-order valence-corrected chi connectivity index (χ1v) is 9.43. The zero-order valence-corrected chi connectivity index (χ0v) is 14.0. The van der Waals surface area contributed by atoms with Crippen LogP contribution in [-0.4, -0.2) is 51.2 Å². The molecular weight excluding hydrogens is 300 g/mol. The smallest absolute Gasteiger partial charge is 0.255 e. The summed E-state index contributed by atoms with van der Waals surface area (Å²) in [5.41, 5.74) is 0.299. The lowest BCUT2D eigenvalue weighted by Gasteiger charge is -2.33. The van der Waals surface area contributed by atoms with Gasteiger partial charge in [0, 0.05) is 19.1 Å². The molecule has 6 heteroatoms. The molecule has 0 radical (unpaired) electrons. The van der Waals surface area contributed by atoms with Gasteiger partial charge in [0.1, 0.15) is 0 Å². The minimum atomic E-state index is -3.41. The maximum Gasteiger partial charge on any atom is 0.255 e. The van der Waals surface area contributed by atoms with E-state index in [-0.39, 0.29) is 22.6 Å². The number of hydrogen-bond acceptors (Lipinski definition) is 4. The van der Waals surface area contributed by atoms with E-state index in [0.29, 0.717) is 25.1 Å². The van der Waals surface area contributed by atoms with Crippen LogP contribution >= 0.6 is 0 Å². The molecule has 0 unspecified atom stereocenters. The number of carbonyl (C=O) groups is 1. The lowest BCUT2D eigenvalue weighted by Crippen LogP contribution is -2.47. The molecular formula is C16H24N2O3S. The van der Waals surface area contributed by atoms with E-state index in [1.807, 2.05) is 14.0 Å². The molecule has 0 saturated carbocycles. The number of carbonyl (C=O) groups excluding carboxylic acids is 1. The number of rotatable bonds is 5. The molecule has 1 aliphatic heterocycles. The van der Waals surface area contributed by atoms with Gasteiger partial charge in [-0.25, -0.2) is 8.42 Å². The molecule has 1 N–H and O–H groups in total. The van der Waals surface area contributed by atoms with Gasteiger partial charge in [0.05, 0.1) is 16.2 Å². The van der Waals surface area contributed by atoms with Gasteiger partial charge in [-0.3, -0.25) is 4.79 Å². The fourth-order valence-electron chi connectivity index (χ4n) is 2.86. The number of benzene rings is 1. The quantitative estimate of drug-likeness (QED) is 0.895. The summed E-state index contributed by atoms with van der Waals surface area (Å²) in [5, 5.41) is 3.19. The zero-order valence-electron chi connectivity index (χ0n) is 13.2. The first-order chi connectivity index (χ1) is 10.5. The third-order valence-corrected chi connectivity index (χ3v) is 6.01. The number of likely N-dealkylation sites (N-methyl/N-ethyl adjacent to an activating group) is 1. The van der Waals surface area contributed by atoms with Crippen LogP contribution in [-0.2, 0) is 9.84 Å². The van der Waals surface area contributed by atoms with E-state index in [1.165, 1.54) is 6.07 Å². The summed E-state index contributed by atoms with van der Waals surface area (Å²) < 4.78 is 24.8. The Hall–Kier alpha value is -1.40. The summed E-state index contributed by atoms with van der Waals surface area (Å²) in [4.78, 5) is 14.7. The van der Waals surface area contributed by atoms with Crippen LogP contribution in [0.2, 0.25) is 0 Å². The first-order valence-electron chi connectivity index (χ1n) is 7.78. The summed E-state index contributed by atoms with van der Waals surface area (Å²) in [6.45, 7) is 3.13. The van der Waals surface area contributed by atoms with Gasteiger partial charge in [-0.05, 0) is 38.4 Å². The highest BCUT2D eigenvalue weighted by atomic mass is 32.2. The molecule has 1 fully saturated rings. The van der Waals surface area contributed by atoms with E-state index < -0.39 is 9.84 Å². The Kier molecular flexibility index (Phi) is 5.58. The van der Waals surface area contributed by atoms with Crippen molar-refractivity contribution in [2.24, 2.45) is 0 Å². The van der Waals surface area contributed by atoms with Crippen LogP contribution in [0.4, 0.5) is 0 Å². The number of nitrogens with one attached hydrogen (secondary N) is 1. The summed E-state index contributed by atoms with van der Waals surface area (Å²) in [5.74, 6) is -0.119. The van der Waals surface area contributed by atoms with Crippen molar-refractivity contribution in [3.8, 4) is 0 Å². The number of likely N-dealkylation sites (tertiary alicyclic amines) is 1. The largest absolute Gasteiger partial charge is 0.337 e. The Morgan fingerprint density at radius 3 is 2.77 bits per heavy atom. The number of piperidine rings is 1. The number of sulfone groups is 1. The zero-order chi connectivity index (χ0) is 16.2. The Bertz CT molecular complexity index is 628. The van der Waals surface area contributed by atoms with Crippen molar-refractivity contribution in [3.05, 3.63) is 29.8 Å². The van der Waals surface area contributed by atoms with E-state index in [9.17, 15) is 13.2 Å². The van der Waals surface area contributed by atoms with E-state index in [1.54, 1.807) is 23.1 Å². The second-order valence-electron chi connectivity index (χ2n) is 5.69. The SMILES string of the molecule is CCCS(=O)(=O)c1ccccc1C(=O)N1CCC[C@H](NC)C1. The second-order valence-corrected chi connectivity index (χ2v) is 7.77. The van der Waals surface area contributed by atoms with Crippen molar-refractivity contribution < 1.29 is 13.2 Å². The van der Waals surface area contributed by atoms with E-state index in [0.717, 1.165) is 12.8 Å². The van der Waals surface area contributed by atoms with Crippen LogP contribution in [0, 0.1) is 0 Å². The van der Waals surface area contributed by atoms with Gasteiger partial charge in [0.25, 0.3) is 5.91 Å². The van der Waals surface area contributed by atoms with Crippen LogP contribution < -0.4 is 5.32 Å². The molecule has 22 heavy (non-hydrogen) atoms. The molecule has 122 valence electrons. The predicted octanol–water partition coefficient (Wildman–Crippen LogP) is 1.69. The molecule has 0 aromatic heterocycles. The first kappa shape index (κ1) is 17.0. The van der Waals surface area contributed by atoms with Crippen LogP contribution in [0.15, 0.2) is 29.2 Å². The highest BCUT2D eigenvalue weighted by Crippen LogP contribution is 2.21. The molecule has 2 rings (SSSR count). The molecule has 5 nitrogen and oxygen atoms in total. The minimum absolute atomic E-state index is 0.0659. The van der Waals surface area contributed by atoms with Crippen molar-refractivity contribution in [1.29, 1.82) is 0 Å². The van der Waals surface area contributed by atoms with Gasteiger partial charge < -0.3 is 10.2 Å². The number of hydrogen-bond donors (Lipinski definition) is 1. The van der Waals surface area contributed by atoms with Crippen molar-refractivity contribution in [3.63, 3.8) is 0 Å². The van der Waals surface area contributed by atoms with E-state index >= 15 is 0 Å². The highest BCUT2D eigenvalue weighted by molar-refractivity contribution is 7.91. The third kappa shape index (κ3) is 3.67. The number of nitrogens with zero attached hydrogens (tertiary/aromatic N) is 1. The molecule has 0 bridgehead atoms. The van der Waals surface area contributed by atoms with E-state index in [4.69, 9.17) is 0 Å². The normalized spacial score (nSPS) is 19.2. The van der Waals surface area contributed by atoms with Crippen molar-refractivity contribution in [2.75, 3.05) is 25.9 Å². The Morgan fingerprint density at radius 1 is 1.36 bits per heavy atom. The third-order valence-electron chi connectivity index (χ3n) is 4.04. The predicted molar refractivity (Wildman–Crippen MR) is 86.8 cm³/mol. The van der Waals surface area contributed by atoms with Crippen molar-refractivity contribution in [1.82, 2.24) is 10.2 Å². The summed E-state index contributed by atoms with van der Waals surface area (Å²) in [6, 6.07) is 6.83. The number of amides is 1. The second kappa shape index (κ2) is 7.24. The average molecular weight is 324 g/mol. The molecule has 1 aliphatic rings. The van der Waals surface area contributed by atoms with Crippen LogP contribution in [0.25, 0.3) is 0 Å². The molecule has 1 amide bonds. The molecule has 1 aromatic rings. The molecule has 0 aliphatic carbocycles. The summed E-state index contributed by atoms with van der Waals surface area (Å²) >= 11 is 0. The maximum absolute atomic E-state index is 12.8. The molecule has 1 aromatic carbocycles. The van der Waals surface area contributed by atoms with Crippen molar-refractivity contribution in [2.45, 2.75) is 37.1 Å². The standard InChI is InChI=1S/C16H24N2O3S/c1-3-11-22(20,21)15-9-5-4-8-14(15)16(19)18-10-6-7-13(12-18)17-2/h4-5,8-9,13,17H,3,6-7,10-12H2,1-2H3/t13-/m0/s1. The highest BCUT2D eigenvalue weighted by Gasteiger charge is 2.28. The summed E-state index contributed by atoms with van der Waals surface area (Å²) in [6.07, 6.45) is 2.51. The van der Waals surface area contributed by atoms with Gasteiger partial charge in [-0.15, -0.1) is 0 Å². The average Bonchev–Trinajstić information content (AvgIpc) is 2.54. The fourth-order valence-corrected chi connectivity index (χ4v) is 4.39. The molecule has 1 saturated heterocycles. The van der Waals surface area contributed by atoms with Gasteiger partial charge in [0.2, 0.25) is 0 Å². The van der Waals surface area contributed by atoms with Gasteiger partial charge >= 0.3 is 0 Å². The van der Waals surface area contributed by atoms with Crippen molar-refractivity contribution >= 4 is 15.7 Å². The summed E-state index contributed by atoms with van der Waals surface area (Å²) in [7, 11) is -1.52. The van der Waals surface area contributed by atoms with Gasteiger partial charge in [-0.1, -0.05) is 19.1 Å². The van der Waals surface area contributed by atoms with Crippen LogP contribution in [0.5, 0.6) is 0 Å². The minimum Gasteiger partial charge on any atom is -0.337 e. The Labute approximate surface area is 132 Å². The monoisotopic (exact) mass is 324 g/mol.